The summed E-state index contributed by atoms with van der Waals surface area (Å²) in [6.45, 7) is 40.0. The summed E-state index contributed by atoms with van der Waals surface area (Å²) < 4.78 is 2.40. The van der Waals surface area contributed by atoms with Gasteiger partial charge in [-0.3, -0.25) is 4.98 Å². The molecule has 1 N–H and O–H groups in total. The summed E-state index contributed by atoms with van der Waals surface area (Å²) in [4.78, 5) is 10.5. The summed E-state index contributed by atoms with van der Waals surface area (Å²) in [7, 11) is -3.33. The molecule has 3 aromatic carbocycles. The van der Waals surface area contributed by atoms with Crippen LogP contribution < -0.4 is 10.4 Å². The third kappa shape index (κ3) is 8.18. The minimum absolute atomic E-state index is 0.0681. The Labute approximate surface area is 317 Å². The fraction of sp³-hybridized carbons (Fsp3) is 0.478. The topological polar surface area (TPSA) is 50.9 Å². The molecule has 0 aliphatic rings. The number of imidazole rings is 1. The third-order valence-corrected chi connectivity index (χ3v) is 14.4. The number of aromatic hydroxyl groups is 1. The number of rotatable bonds is 7. The van der Waals surface area contributed by atoms with E-state index >= 15 is 0 Å². The fourth-order valence-electron chi connectivity index (χ4n) is 6.86. The lowest BCUT2D eigenvalue weighted by molar-refractivity contribution is 0.445. The number of phenols is 1. The monoisotopic (exact) mass is 731 g/mol. The zero-order valence-electron chi connectivity index (χ0n) is 35.3. The van der Waals surface area contributed by atoms with E-state index in [9.17, 15) is 5.11 Å². The molecule has 0 amide bonds. The number of nitrogens with zero attached hydrogens (tertiary/aromatic N) is 3. The van der Waals surface area contributed by atoms with E-state index in [-0.39, 0.29) is 16.2 Å². The largest absolute Gasteiger partial charge is 0.507 e. The molecule has 0 aliphatic carbocycles. The molecule has 2 aromatic heterocycles. The Morgan fingerprint density at radius 1 is 0.654 bits per heavy atom. The Morgan fingerprint density at radius 3 is 1.77 bits per heavy atom. The van der Waals surface area contributed by atoms with Gasteiger partial charge in [-0.05, 0) is 75.3 Å². The highest BCUT2D eigenvalue weighted by Crippen LogP contribution is 2.44. The van der Waals surface area contributed by atoms with Gasteiger partial charge in [0, 0.05) is 29.4 Å². The minimum atomic E-state index is -1.78. The molecule has 0 saturated heterocycles. The molecule has 0 atom stereocenters. The molecular weight excluding hydrogens is 667 g/mol. The van der Waals surface area contributed by atoms with Gasteiger partial charge in [-0.25, -0.2) is 4.98 Å². The van der Waals surface area contributed by atoms with Crippen molar-refractivity contribution < 1.29 is 5.11 Å². The standard InChI is InChI=1S/C46H65N3OSi2/c1-29(2)28-49-40-27-35(52(15,16)17)25-36(41(40)48-43(49)37-23-33(45(6,7)8)24-38(42(37)50)46(9,10)11)30-20-31(22-32(21-30)44(3,4)5)39-26-34(18-19-47-39)51(12,13)14/h18-27,29,50H,28H2,1-17H3. The molecule has 6 heteroatoms. The molecule has 0 bridgehead atoms. The van der Waals surface area contributed by atoms with Gasteiger partial charge in [-0.15, -0.1) is 0 Å². The molecule has 0 spiro atoms. The van der Waals surface area contributed by atoms with Gasteiger partial charge >= 0.3 is 0 Å². The summed E-state index contributed by atoms with van der Waals surface area (Å²) in [5, 5.41) is 14.9. The van der Waals surface area contributed by atoms with Gasteiger partial charge < -0.3 is 9.67 Å². The second kappa shape index (κ2) is 13.4. The van der Waals surface area contributed by atoms with Gasteiger partial charge in [0.1, 0.15) is 11.6 Å². The summed E-state index contributed by atoms with van der Waals surface area (Å²) >= 11 is 0. The first kappa shape index (κ1) is 39.7. The molecule has 0 unspecified atom stereocenters. The van der Waals surface area contributed by atoms with Gasteiger partial charge in [0.05, 0.1) is 38.4 Å². The predicted molar refractivity (Wildman–Crippen MR) is 232 cm³/mol. The third-order valence-electron chi connectivity index (χ3n) is 10.3. The molecule has 52 heavy (non-hydrogen) atoms. The highest BCUT2D eigenvalue weighted by atomic mass is 28.3. The maximum atomic E-state index is 12.1. The lowest BCUT2D eigenvalue weighted by atomic mass is 9.79. The Bertz CT molecular complexity index is 2120. The molecule has 5 rings (SSSR count). The quantitative estimate of drug-likeness (QED) is 0.170. The summed E-state index contributed by atoms with van der Waals surface area (Å²) in [6.07, 6.45) is 1.99. The van der Waals surface area contributed by atoms with Crippen molar-refractivity contribution in [2.75, 3.05) is 0 Å². The van der Waals surface area contributed by atoms with Crippen molar-refractivity contribution in [1.82, 2.24) is 14.5 Å². The molecule has 278 valence electrons. The highest BCUT2D eigenvalue weighted by Gasteiger charge is 2.30. The molecule has 0 fully saturated rings. The smallest absolute Gasteiger partial charge is 0.144 e. The Kier molecular flexibility index (Phi) is 10.3. The van der Waals surface area contributed by atoms with Crippen molar-refractivity contribution in [3.05, 3.63) is 77.5 Å². The van der Waals surface area contributed by atoms with Crippen LogP contribution in [0.2, 0.25) is 39.3 Å². The van der Waals surface area contributed by atoms with E-state index in [4.69, 9.17) is 9.97 Å². The van der Waals surface area contributed by atoms with E-state index in [2.05, 4.69) is 175 Å². The number of hydrogen-bond acceptors (Lipinski definition) is 3. The summed E-state index contributed by atoms with van der Waals surface area (Å²) in [5.74, 6) is 1.55. The number of aromatic nitrogens is 3. The lowest BCUT2D eigenvalue weighted by Gasteiger charge is -2.27. The van der Waals surface area contributed by atoms with Gasteiger partial charge in [0.2, 0.25) is 0 Å². The second-order valence-corrected chi connectivity index (χ2v) is 30.9. The number of hydrogen-bond donors (Lipinski definition) is 1. The minimum Gasteiger partial charge on any atom is -0.507 e. The normalized spacial score (nSPS) is 13.4. The van der Waals surface area contributed by atoms with E-state index in [0.29, 0.717) is 11.7 Å². The highest BCUT2D eigenvalue weighted by molar-refractivity contribution is 6.89. The van der Waals surface area contributed by atoms with Crippen LogP contribution in [0.5, 0.6) is 5.75 Å². The SMILES string of the molecule is CC(C)Cn1c(-c2cc(C(C)(C)C)cc(C(C)(C)C)c2O)nc2c(-c3cc(-c4cc([Si](C)(C)C)ccn4)cc(C(C)(C)C)c3)cc([Si](C)(C)C)cc21. The molecular formula is C46H65N3OSi2. The summed E-state index contributed by atoms with van der Waals surface area (Å²) in [5.41, 5.74) is 10.4. The fourth-order valence-corrected chi connectivity index (χ4v) is 9.15. The van der Waals surface area contributed by atoms with Gasteiger partial charge in [0.15, 0.2) is 0 Å². The van der Waals surface area contributed by atoms with Crippen LogP contribution in [-0.2, 0) is 22.8 Å². The van der Waals surface area contributed by atoms with Crippen molar-refractivity contribution in [2.24, 2.45) is 5.92 Å². The Morgan fingerprint density at radius 2 is 1.23 bits per heavy atom. The predicted octanol–water partition coefficient (Wildman–Crippen LogP) is 11.8. The van der Waals surface area contributed by atoms with Crippen LogP contribution in [0, 0.1) is 5.92 Å². The molecule has 0 aliphatic heterocycles. The number of benzene rings is 3. The van der Waals surface area contributed by atoms with Crippen molar-refractivity contribution in [3.63, 3.8) is 0 Å². The van der Waals surface area contributed by atoms with E-state index in [1.54, 1.807) is 0 Å². The Balaban J connectivity index is 1.94. The van der Waals surface area contributed by atoms with Crippen LogP contribution in [0.3, 0.4) is 0 Å². The molecule has 4 nitrogen and oxygen atoms in total. The second-order valence-electron chi connectivity index (χ2n) is 20.7. The van der Waals surface area contributed by atoms with E-state index in [0.717, 1.165) is 56.9 Å². The van der Waals surface area contributed by atoms with Gasteiger partial charge in [-0.1, -0.05) is 144 Å². The first-order valence-corrected chi connectivity index (χ1v) is 26.2. The number of fused-ring (bicyclic) bond motifs is 1. The maximum Gasteiger partial charge on any atom is 0.144 e. The Hall–Kier alpha value is -3.49. The van der Waals surface area contributed by atoms with Crippen molar-refractivity contribution in [3.8, 4) is 39.5 Å². The zero-order valence-corrected chi connectivity index (χ0v) is 37.3. The number of pyridine rings is 1. The molecule has 0 saturated carbocycles. The average Bonchev–Trinajstić information content (AvgIpc) is 3.35. The first-order valence-electron chi connectivity index (χ1n) is 19.2. The van der Waals surface area contributed by atoms with Crippen LogP contribution in [-0.4, -0.2) is 35.8 Å². The van der Waals surface area contributed by atoms with E-state index in [1.807, 2.05) is 6.20 Å². The van der Waals surface area contributed by atoms with Crippen LogP contribution in [0.4, 0.5) is 0 Å². The van der Waals surface area contributed by atoms with Crippen LogP contribution in [0.25, 0.3) is 44.8 Å². The zero-order chi connectivity index (χ0) is 38.9. The van der Waals surface area contributed by atoms with Crippen LogP contribution in [0.15, 0.2) is 60.8 Å². The van der Waals surface area contributed by atoms with E-state index in [1.165, 1.54) is 21.5 Å². The molecule has 2 heterocycles. The van der Waals surface area contributed by atoms with Gasteiger partial charge in [-0.2, -0.15) is 0 Å². The van der Waals surface area contributed by atoms with Crippen molar-refractivity contribution >= 4 is 37.6 Å². The van der Waals surface area contributed by atoms with Crippen molar-refractivity contribution in [2.45, 2.75) is 138 Å². The van der Waals surface area contributed by atoms with E-state index < -0.39 is 16.1 Å². The molecule has 5 aromatic rings. The van der Waals surface area contributed by atoms with Crippen LogP contribution in [0.1, 0.15) is 92.9 Å². The number of phenolic OH excluding ortho intramolecular Hbond substituents is 1. The average molecular weight is 732 g/mol. The first-order chi connectivity index (χ1) is 23.7. The van der Waals surface area contributed by atoms with Crippen LogP contribution >= 0.6 is 0 Å². The maximum absolute atomic E-state index is 12.1. The summed E-state index contributed by atoms with van der Waals surface area (Å²) in [6, 6.07) is 20.8. The lowest BCUT2D eigenvalue weighted by Crippen LogP contribution is -2.37. The van der Waals surface area contributed by atoms with Gasteiger partial charge in [0.25, 0.3) is 0 Å². The molecule has 0 radical (unpaired) electrons. The van der Waals surface area contributed by atoms with Crippen molar-refractivity contribution in [1.29, 1.82) is 0 Å².